The molecule has 1 aliphatic rings. The molecule has 124 valence electrons. The van der Waals surface area contributed by atoms with Gasteiger partial charge in [-0.2, -0.15) is 0 Å². The highest BCUT2D eigenvalue weighted by atomic mass is 16.4. The summed E-state index contributed by atoms with van der Waals surface area (Å²) in [6.45, 7) is 3.95. The van der Waals surface area contributed by atoms with Crippen LogP contribution in [0.25, 0.3) is 11.0 Å². The largest absolute Gasteiger partial charge is 0.423 e. The second-order valence-corrected chi connectivity index (χ2v) is 6.43. The van der Waals surface area contributed by atoms with Crippen LogP contribution >= 0.6 is 0 Å². The van der Waals surface area contributed by atoms with Gasteiger partial charge in [-0.05, 0) is 42.5 Å². The third-order valence-corrected chi connectivity index (χ3v) is 4.78. The van der Waals surface area contributed by atoms with Crippen molar-refractivity contribution >= 4 is 11.0 Å². The summed E-state index contributed by atoms with van der Waals surface area (Å²) in [4.78, 5) is 14.0. The minimum absolute atomic E-state index is 0.196. The van der Waals surface area contributed by atoms with Crippen molar-refractivity contribution in [3.8, 4) is 0 Å². The van der Waals surface area contributed by atoms with Gasteiger partial charge < -0.3 is 14.6 Å². The van der Waals surface area contributed by atoms with Gasteiger partial charge in [0.25, 0.3) is 0 Å². The van der Waals surface area contributed by atoms with Crippen molar-refractivity contribution in [3.05, 3.63) is 45.8 Å². The van der Waals surface area contributed by atoms with Crippen LogP contribution in [-0.2, 0) is 13.0 Å². The van der Waals surface area contributed by atoms with Gasteiger partial charge in [-0.15, -0.1) is 0 Å². The Morgan fingerprint density at radius 2 is 2.00 bits per heavy atom. The molecule has 1 aromatic heterocycles. The molecule has 0 saturated carbocycles. The van der Waals surface area contributed by atoms with E-state index in [0.29, 0.717) is 38.1 Å². The summed E-state index contributed by atoms with van der Waals surface area (Å²) >= 11 is 0. The number of nitrogens with zero attached hydrogens (tertiary/aromatic N) is 1. The number of fused-ring (bicyclic) bond motifs is 1. The number of aliphatic hydroxyl groups is 2. The van der Waals surface area contributed by atoms with Crippen LogP contribution in [0.3, 0.4) is 0 Å². The highest BCUT2D eigenvalue weighted by Crippen LogP contribution is 2.25. The van der Waals surface area contributed by atoms with Crippen LogP contribution in [0.15, 0.2) is 33.5 Å². The molecule has 23 heavy (non-hydrogen) atoms. The fourth-order valence-corrected chi connectivity index (χ4v) is 3.15. The third-order valence-electron chi connectivity index (χ3n) is 4.78. The van der Waals surface area contributed by atoms with Crippen LogP contribution in [0.1, 0.15) is 30.9 Å². The standard InChI is InChI=1S/C18H23NO4/c1-2-13-3-4-16-15(9-13)14(10-17(21)23-16)11-19-7-5-18(22,12-20)6-8-19/h3-4,9-10,20,22H,2,5-8,11-12H2,1H3. The summed E-state index contributed by atoms with van der Waals surface area (Å²) < 4.78 is 5.29. The molecule has 2 aromatic rings. The number of benzene rings is 1. The summed E-state index contributed by atoms with van der Waals surface area (Å²) in [5.74, 6) is 0. The second kappa shape index (κ2) is 6.43. The molecular formula is C18H23NO4. The van der Waals surface area contributed by atoms with Crippen LogP contribution in [0, 0.1) is 0 Å². The van der Waals surface area contributed by atoms with Gasteiger partial charge in [-0.1, -0.05) is 13.0 Å². The molecule has 1 aliphatic heterocycles. The first kappa shape index (κ1) is 16.2. The number of hydrogen-bond donors (Lipinski definition) is 2. The summed E-state index contributed by atoms with van der Waals surface area (Å²) in [5.41, 5.74) is 1.50. The minimum Gasteiger partial charge on any atom is -0.423 e. The van der Waals surface area contributed by atoms with E-state index in [0.717, 1.165) is 17.4 Å². The van der Waals surface area contributed by atoms with Crippen LogP contribution in [0.4, 0.5) is 0 Å². The molecule has 2 N–H and O–H groups in total. The number of hydrogen-bond acceptors (Lipinski definition) is 5. The van der Waals surface area contributed by atoms with Gasteiger partial charge in [0, 0.05) is 31.1 Å². The molecule has 1 fully saturated rings. The summed E-state index contributed by atoms with van der Waals surface area (Å²) in [6, 6.07) is 7.49. The topological polar surface area (TPSA) is 73.9 Å². The van der Waals surface area contributed by atoms with E-state index >= 15 is 0 Å². The van der Waals surface area contributed by atoms with Crippen LogP contribution in [0.5, 0.6) is 0 Å². The highest BCUT2D eigenvalue weighted by molar-refractivity contribution is 5.80. The lowest BCUT2D eigenvalue weighted by Gasteiger charge is -2.37. The third kappa shape index (κ3) is 3.47. The van der Waals surface area contributed by atoms with E-state index in [9.17, 15) is 15.0 Å². The number of likely N-dealkylation sites (tertiary alicyclic amines) is 1. The molecule has 0 bridgehead atoms. The normalized spacial score (nSPS) is 18.4. The molecule has 0 unspecified atom stereocenters. The summed E-state index contributed by atoms with van der Waals surface area (Å²) in [6.07, 6.45) is 2.02. The van der Waals surface area contributed by atoms with Gasteiger partial charge in [0.2, 0.25) is 0 Å². The second-order valence-electron chi connectivity index (χ2n) is 6.43. The molecule has 5 heteroatoms. The van der Waals surface area contributed by atoms with E-state index in [4.69, 9.17) is 4.42 Å². The van der Waals surface area contributed by atoms with Crippen molar-refractivity contribution < 1.29 is 14.6 Å². The van der Waals surface area contributed by atoms with Crippen molar-refractivity contribution in [1.29, 1.82) is 0 Å². The average Bonchev–Trinajstić information content (AvgIpc) is 2.56. The first-order valence-electron chi connectivity index (χ1n) is 8.14. The Kier molecular flexibility index (Phi) is 4.53. The zero-order valence-corrected chi connectivity index (χ0v) is 13.4. The maximum absolute atomic E-state index is 11.8. The Morgan fingerprint density at radius 3 is 2.65 bits per heavy atom. The fraction of sp³-hybridized carbons (Fsp3) is 0.500. The number of piperidine rings is 1. The van der Waals surface area contributed by atoms with Gasteiger partial charge in [0.15, 0.2) is 0 Å². The molecule has 1 aromatic carbocycles. The Morgan fingerprint density at radius 1 is 1.26 bits per heavy atom. The number of aliphatic hydroxyl groups excluding tert-OH is 1. The smallest absolute Gasteiger partial charge is 0.336 e. The SMILES string of the molecule is CCc1ccc2oc(=O)cc(CN3CCC(O)(CO)CC3)c2c1. The molecule has 3 rings (SSSR count). The summed E-state index contributed by atoms with van der Waals surface area (Å²) in [7, 11) is 0. The number of aryl methyl sites for hydroxylation is 1. The summed E-state index contributed by atoms with van der Waals surface area (Å²) in [5, 5.41) is 20.3. The van der Waals surface area contributed by atoms with Crippen molar-refractivity contribution in [2.24, 2.45) is 0 Å². The van der Waals surface area contributed by atoms with Crippen molar-refractivity contribution in [3.63, 3.8) is 0 Å². The van der Waals surface area contributed by atoms with Crippen LogP contribution < -0.4 is 5.63 Å². The average molecular weight is 317 g/mol. The van der Waals surface area contributed by atoms with Crippen molar-refractivity contribution in [1.82, 2.24) is 4.90 Å². The van der Waals surface area contributed by atoms with E-state index in [1.165, 1.54) is 5.56 Å². The predicted molar refractivity (Wildman–Crippen MR) is 88.4 cm³/mol. The molecule has 2 heterocycles. The van der Waals surface area contributed by atoms with Gasteiger partial charge in [0.1, 0.15) is 5.58 Å². The van der Waals surface area contributed by atoms with Crippen LogP contribution in [-0.4, -0.2) is 40.4 Å². The lowest BCUT2D eigenvalue weighted by atomic mass is 9.92. The van der Waals surface area contributed by atoms with E-state index in [2.05, 4.69) is 17.9 Å². The first-order valence-corrected chi connectivity index (χ1v) is 8.14. The molecular weight excluding hydrogens is 294 g/mol. The molecule has 0 amide bonds. The molecule has 0 spiro atoms. The van der Waals surface area contributed by atoms with E-state index in [1.807, 2.05) is 12.1 Å². The Labute approximate surface area is 135 Å². The Hall–Kier alpha value is -1.69. The molecule has 0 radical (unpaired) electrons. The van der Waals surface area contributed by atoms with Gasteiger partial charge in [-0.3, -0.25) is 4.90 Å². The van der Waals surface area contributed by atoms with Crippen LogP contribution in [0.2, 0.25) is 0 Å². The predicted octanol–water partition coefficient (Wildman–Crippen LogP) is 1.67. The molecule has 1 saturated heterocycles. The minimum atomic E-state index is -0.955. The quantitative estimate of drug-likeness (QED) is 0.839. The highest BCUT2D eigenvalue weighted by Gasteiger charge is 2.31. The van der Waals surface area contributed by atoms with Gasteiger partial charge in [0.05, 0.1) is 12.2 Å². The zero-order chi connectivity index (χ0) is 16.4. The maximum Gasteiger partial charge on any atom is 0.336 e. The molecule has 0 aliphatic carbocycles. The Bertz CT molecular complexity index is 744. The molecule has 0 atom stereocenters. The van der Waals surface area contributed by atoms with Crippen molar-refractivity contribution in [2.75, 3.05) is 19.7 Å². The zero-order valence-electron chi connectivity index (χ0n) is 13.4. The number of rotatable bonds is 4. The van der Waals surface area contributed by atoms with E-state index in [1.54, 1.807) is 6.07 Å². The lowest BCUT2D eigenvalue weighted by Crippen LogP contribution is -2.46. The van der Waals surface area contributed by atoms with Crippen molar-refractivity contribution in [2.45, 2.75) is 38.3 Å². The maximum atomic E-state index is 11.8. The Balaban J connectivity index is 1.86. The first-order chi connectivity index (χ1) is 11.0. The van der Waals surface area contributed by atoms with Gasteiger partial charge >= 0.3 is 5.63 Å². The lowest BCUT2D eigenvalue weighted by molar-refractivity contribution is -0.0606. The monoisotopic (exact) mass is 317 g/mol. The van der Waals surface area contributed by atoms with E-state index in [-0.39, 0.29) is 12.2 Å². The van der Waals surface area contributed by atoms with Gasteiger partial charge in [-0.25, -0.2) is 4.79 Å². The molecule has 5 nitrogen and oxygen atoms in total. The van der Waals surface area contributed by atoms with E-state index < -0.39 is 5.60 Å². The fourth-order valence-electron chi connectivity index (χ4n) is 3.15.